The number of fused-ring (bicyclic) bond motifs is 2. The summed E-state index contributed by atoms with van der Waals surface area (Å²) < 4.78 is 6.18. The van der Waals surface area contributed by atoms with Gasteiger partial charge in [0.25, 0.3) is 0 Å². The van der Waals surface area contributed by atoms with Crippen LogP contribution in [0.3, 0.4) is 0 Å². The van der Waals surface area contributed by atoms with Crippen LogP contribution < -0.4 is 10.6 Å². The lowest BCUT2D eigenvalue weighted by molar-refractivity contribution is 0.100. The molecule has 146 valence electrons. The van der Waals surface area contributed by atoms with E-state index in [0.29, 0.717) is 11.6 Å². The maximum absolute atomic E-state index is 11.4. The van der Waals surface area contributed by atoms with Crippen LogP contribution in [0.5, 0.6) is 0 Å². The first-order chi connectivity index (χ1) is 14.0. The highest BCUT2D eigenvalue weighted by molar-refractivity contribution is 5.94. The quantitative estimate of drug-likeness (QED) is 0.782. The van der Waals surface area contributed by atoms with Crippen LogP contribution in [0.2, 0.25) is 0 Å². The predicted octanol–water partition coefficient (Wildman–Crippen LogP) is 5.29. The van der Waals surface area contributed by atoms with Crippen molar-refractivity contribution in [3.05, 3.63) is 82.8 Å². The van der Waals surface area contributed by atoms with Gasteiger partial charge in [-0.15, -0.1) is 0 Å². The molecule has 0 saturated heterocycles. The van der Waals surface area contributed by atoms with Gasteiger partial charge in [0.15, 0.2) is 0 Å². The summed E-state index contributed by atoms with van der Waals surface area (Å²) in [6.07, 6.45) is 5.36. The van der Waals surface area contributed by atoms with Crippen LogP contribution >= 0.6 is 0 Å². The summed E-state index contributed by atoms with van der Waals surface area (Å²) >= 11 is 0. The van der Waals surface area contributed by atoms with Gasteiger partial charge in [0.1, 0.15) is 5.76 Å². The van der Waals surface area contributed by atoms with Crippen LogP contribution in [-0.2, 0) is 4.74 Å². The van der Waals surface area contributed by atoms with E-state index in [1.54, 1.807) is 12.1 Å². The Morgan fingerprint density at radius 1 is 1.10 bits per heavy atom. The predicted molar refractivity (Wildman–Crippen MR) is 116 cm³/mol. The van der Waals surface area contributed by atoms with Crippen molar-refractivity contribution in [3.63, 3.8) is 0 Å². The Balaban J connectivity index is 1.67. The highest BCUT2D eigenvalue weighted by Gasteiger charge is 2.39. The van der Waals surface area contributed by atoms with Crippen LogP contribution in [-0.4, -0.2) is 11.9 Å². The molecular formula is C25H24N2O2. The molecule has 2 aliphatic heterocycles. The number of rotatable bonds is 3. The average molecular weight is 384 g/mol. The minimum Gasteiger partial charge on any atom is -0.461 e. The maximum Gasteiger partial charge on any atom is 0.248 e. The lowest BCUT2D eigenvalue weighted by Gasteiger charge is -2.39. The van der Waals surface area contributed by atoms with Crippen molar-refractivity contribution in [1.29, 1.82) is 0 Å². The number of nitrogens with two attached hydrogens (primary N) is 1. The smallest absolute Gasteiger partial charge is 0.248 e. The fourth-order valence-corrected chi connectivity index (χ4v) is 4.41. The molecule has 1 aliphatic carbocycles. The number of primary amides is 1. The van der Waals surface area contributed by atoms with Gasteiger partial charge in [-0.2, -0.15) is 0 Å². The second-order valence-corrected chi connectivity index (χ2v) is 8.05. The number of allylic oxidation sites excluding steroid dienone is 3. The number of carbonyl (C=O) groups is 1. The highest BCUT2D eigenvalue weighted by atomic mass is 16.5. The summed E-state index contributed by atoms with van der Waals surface area (Å²) in [5, 5.41) is 0. The summed E-state index contributed by atoms with van der Waals surface area (Å²) in [6.45, 7) is 8.61. The van der Waals surface area contributed by atoms with Gasteiger partial charge in [0.05, 0.1) is 11.4 Å². The van der Waals surface area contributed by atoms with Gasteiger partial charge in [-0.1, -0.05) is 24.8 Å². The summed E-state index contributed by atoms with van der Waals surface area (Å²) in [5.74, 6) is 1.47. The first-order valence-electron chi connectivity index (χ1n) is 10.1. The largest absolute Gasteiger partial charge is 0.461 e. The maximum atomic E-state index is 11.4. The lowest BCUT2D eigenvalue weighted by Crippen LogP contribution is -2.31. The summed E-state index contributed by atoms with van der Waals surface area (Å²) in [5.41, 5.74) is 13.9. The SMILES string of the molecule is C=C1C2=C(OC(C)=CC2)c2ccc(-c3ccc(C(N)=O)cc3)c(C)c2N1C1CC1. The zero-order valence-corrected chi connectivity index (χ0v) is 16.8. The first-order valence-corrected chi connectivity index (χ1v) is 10.1. The highest BCUT2D eigenvalue weighted by Crippen LogP contribution is 2.51. The van der Waals surface area contributed by atoms with E-state index in [0.717, 1.165) is 40.3 Å². The molecule has 1 fully saturated rings. The molecule has 1 saturated carbocycles. The van der Waals surface area contributed by atoms with Crippen LogP contribution in [0.1, 0.15) is 47.7 Å². The van der Waals surface area contributed by atoms with Crippen LogP contribution in [0.15, 0.2) is 66.1 Å². The number of hydrogen-bond acceptors (Lipinski definition) is 3. The summed E-state index contributed by atoms with van der Waals surface area (Å²) in [4.78, 5) is 13.8. The molecule has 0 unspecified atom stereocenters. The molecule has 5 rings (SSSR count). The van der Waals surface area contributed by atoms with Crippen molar-refractivity contribution in [2.24, 2.45) is 5.73 Å². The number of benzene rings is 2. The molecule has 0 spiro atoms. The number of amides is 1. The molecule has 0 atom stereocenters. The third-order valence-corrected chi connectivity index (χ3v) is 6.08. The summed E-state index contributed by atoms with van der Waals surface area (Å²) in [6, 6.07) is 12.3. The number of anilines is 1. The second kappa shape index (κ2) is 6.38. The van der Waals surface area contributed by atoms with E-state index in [4.69, 9.17) is 10.5 Å². The molecule has 2 N–H and O–H groups in total. The lowest BCUT2D eigenvalue weighted by atomic mass is 9.88. The minimum atomic E-state index is -0.410. The Morgan fingerprint density at radius 2 is 1.79 bits per heavy atom. The number of ether oxygens (including phenoxy) is 1. The molecule has 2 heterocycles. The van der Waals surface area contributed by atoms with E-state index in [-0.39, 0.29) is 0 Å². The van der Waals surface area contributed by atoms with E-state index in [1.807, 2.05) is 19.1 Å². The molecule has 2 aromatic rings. The van der Waals surface area contributed by atoms with Crippen molar-refractivity contribution in [2.75, 3.05) is 4.90 Å². The third-order valence-electron chi connectivity index (χ3n) is 6.08. The normalized spacial score (nSPS) is 18.1. The molecule has 29 heavy (non-hydrogen) atoms. The molecule has 4 nitrogen and oxygen atoms in total. The van der Waals surface area contributed by atoms with E-state index in [2.05, 4.69) is 36.6 Å². The average Bonchev–Trinajstić information content (AvgIpc) is 3.54. The molecule has 3 aliphatic rings. The van der Waals surface area contributed by atoms with Crippen LogP contribution in [0, 0.1) is 6.92 Å². The standard InChI is InChI=1S/C25H24N2O2/c1-14-4-11-21-16(3)27(19-9-10-19)23-15(2)20(12-13-22(23)24(21)29-14)17-5-7-18(8-6-17)25(26)28/h4-8,12-13,19H,3,9-11H2,1-2H3,(H2,26,28). The zero-order valence-electron chi connectivity index (χ0n) is 16.8. The topological polar surface area (TPSA) is 55.6 Å². The third kappa shape index (κ3) is 2.79. The second-order valence-electron chi connectivity index (χ2n) is 8.05. The van der Waals surface area contributed by atoms with Gasteiger partial charge < -0.3 is 15.4 Å². The molecular weight excluding hydrogens is 360 g/mol. The van der Waals surface area contributed by atoms with Crippen LogP contribution in [0.4, 0.5) is 5.69 Å². The molecule has 4 heteroatoms. The fourth-order valence-electron chi connectivity index (χ4n) is 4.41. The van der Waals surface area contributed by atoms with Gasteiger partial charge >= 0.3 is 0 Å². The van der Waals surface area contributed by atoms with Crippen molar-refractivity contribution in [3.8, 4) is 11.1 Å². The number of carbonyl (C=O) groups excluding carboxylic acids is 1. The molecule has 2 aromatic carbocycles. The van der Waals surface area contributed by atoms with Gasteiger partial charge in [0, 0.05) is 28.4 Å². The van der Waals surface area contributed by atoms with E-state index < -0.39 is 5.91 Å². The van der Waals surface area contributed by atoms with E-state index in [1.165, 1.54) is 29.7 Å². The Labute approximate surface area is 171 Å². The number of hydrogen-bond donors (Lipinski definition) is 1. The monoisotopic (exact) mass is 384 g/mol. The van der Waals surface area contributed by atoms with Crippen LogP contribution in [0.25, 0.3) is 16.9 Å². The van der Waals surface area contributed by atoms with Gasteiger partial charge in [-0.25, -0.2) is 0 Å². The van der Waals surface area contributed by atoms with Gasteiger partial charge in [-0.3, -0.25) is 4.79 Å². The van der Waals surface area contributed by atoms with Crippen molar-refractivity contribution < 1.29 is 9.53 Å². The Bertz CT molecular complexity index is 1120. The molecule has 0 radical (unpaired) electrons. The Hall–Kier alpha value is -3.27. The van der Waals surface area contributed by atoms with Crippen molar-refractivity contribution in [1.82, 2.24) is 0 Å². The number of nitrogens with zero attached hydrogens (tertiary/aromatic N) is 1. The zero-order chi connectivity index (χ0) is 20.3. The van der Waals surface area contributed by atoms with Crippen molar-refractivity contribution >= 4 is 17.4 Å². The van der Waals surface area contributed by atoms with Crippen molar-refractivity contribution in [2.45, 2.75) is 39.2 Å². The Morgan fingerprint density at radius 3 is 2.45 bits per heavy atom. The van der Waals surface area contributed by atoms with E-state index >= 15 is 0 Å². The molecule has 0 aromatic heterocycles. The first kappa shape index (κ1) is 17.8. The molecule has 0 bridgehead atoms. The van der Waals surface area contributed by atoms with E-state index in [9.17, 15) is 4.79 Å². The fraction of sp³-hybridized carbons (Fsp3) is 0.240. The summed E-state index contributed by atoms with van der Waals surface area (Å²) in [7, 11) is 0. The minimum absolute atomic E-state index is 0.410. The van der Waals surface area contributed by atoms with Gasteiger partial charge in [-0.05, 0) is 74.1 Å². The molecule has 1 amide bonds. The Kier molecular flexibility index (Phi) is 3.91. The van der Waals surface area contributed by atoms with Gasteiger partial charge in [0.2, 0.25) is 5.91 Å².